The predicted octanol–water partition coefficient (Wildman–Crippen LogP) is 2.23. The molecule has 2 N–H and O–H groups in total. The van der Waals surface area contributed by atoms with Crippen LogP contribution in [0.25, 0.3) is 11.0 Å². The fraction of sp³-hybridized carbons (Fsp3) is 0.529. The van der Waals surface area contributed by atoms with Crippen LogP contribution in [0.4, 0.5) is 0 Å². The lowest BCUT2D eigenvalue weighted by Gasteiger charge is -2.36. The minimum absolute atomic E-state index is 0.0225. The molecule has 116 valence electrons. The molecule has 22 heavy (non-hydrogen) atoms. The molecular formula is C17H22N4O. The predicted molar refractivity (Wildman–Crippen MR) is 85.4 cm³/mol. The maximum atomic E-state index is 12.9. The summed E-state index contributed by atoms with van der Waals surface area (Å²) in [6.45, 7) is 2.42. The third-order valence-corrected chi connectivity index (χ3v) is 4.95. The number of aromatic amines is 1. The summed E-state index contributed by atoms with van der Waals surface area (Å²) < 4.78 is 0. The Hall–Kier alpha value is -1.88. The first-order valence-electron chi connectivity index (χ1n) is 8.29. The van der Waals surface area contributed by atoms with E-state index in [1.807, 2.05) is 29.2 Å². The second kappa shape index (κ2) is 5.72. The van der Waals surface area contributed by atoms with Gasteiger partial charge in [-0.25, -0.2) is 4.98 Å². The summed E-state index contributed by atoms with van der Waals surface area (Å²) in [6, 6.07) is 8.06. The molecule has 0 spiro atoms. The van der Waals surface area contributed by atoms with Crippen molar-refractivity contribution in [1.82, 2.24) is 20.2 Å². The Bertz CT molecular complexity index is 641. The Morgan fingerprint density at radius 3 is 2.86 bits per heavy atom. The van der Waals surface area contributed by atoms with Crippen LogP contribution in [-0.4, -0.2) is 40.4 Å². The third kappa shape index (κ3) is 2.39. The molecule has 2 aromatic rings. The number of imidazole rings is 1. The second-order valence-corrected chi connectivity index (χ2v) is 6.37. The van der Waals surface area contributed by atoms with E-state index in [1.54, 1.807) is 0 Å². The van der Waals surface area contributed by atoms with Gasteiger partial charge in [-0.2, -0.15) is 0 Å². The Labute approximate surface area is 130 Å². The lowest BCUT2D eigenvalue weighted by atomic mass is 10.0. The highest BCUT2D eigenvalue weighted by Crippen LogP contribution is 2.30. The van der Waals surface area contributed by atoms with Crippen molar-refractivity contribution in [2.75, 3.05) is 19.6 Å². The average molecular weight is 298 g/mol. The van der Waals surface area contributed by atoms with Crippen LogP contribution in [-0.2, 0) is 4.79 Å². The summed E-state index contributed by atoms with van der Waals surface area (Å²) in [5, 5.41) is 3.40. The Morgan fingerprint density at radius 2 is 2.05 bits per heavy atom. The van der Waals surface area contributed by atoms with E-state index in [4.69, 9.17) is 4.98 Å². The van der Waals surface area contributed by atoms with Crippen LogP contribution in [0.5, 0.6) is 0 Å². The molecule has 2 heterocycles. The molecule has 4 rings (SSSR count). The molecule has 1 aromatic heterocycles. The SMILES string of the molecule is O=C(C1CCCC1)N1CCNCC1c1nc2ccccc2[nH]1. The maximum absolute atomic E-state index is 12.9. The van der Waals surface area contributed by atoms with Gasteiger partial charge in [-0.3, -0.25) is 4.79 Å². The molecule has 2 fully saturated rings. The Kier molecular flexibility index (Phi) is 3.58. The van der Waals surface area contributed by atoms with Gasteiger partial charge < -0.3 is 15.2 Å². The molecule has 1 aromatic carbocycles. The van der Waals surface area contributed by atoms with Gasteiger partial charge in [0.2, 0.25) is 5.91 Å². The number of para-hydroxylation sites is 2. The number of benzene rings is 1. The van der Waals surface area contributed by atoms with E-state index in [0.717, 1.165) is 49.3 Å². The fourth-order valence-corrected chi connectivity index (χ4v) is 3.75. The number of aromatic nitrogens is 2. The van der Waals surface area contributed by atoms with Crippen molar-refractivity contribution < 1.29 is 4.79 Å². The van der Waals surface area contributed by atoms with Gasteiger partial charge in [0.25, 0.3) is 0 Å². The minimum atomic E-state index is 0.0225. The molecule has 5 nitrogen and oxygen atoms in total. The van der Waals surface area contributed by atoms with Crippen molar-refractivity contribution in [2.24, 2.45) is 5.92 Å². The van der Waals surface area contributed by atoms with E-state index in [1.165, 1.54) is 12.8 Å². The molecular weight excluding hydrogens is 276 g/mol. The van der Waals surface area contributed by atoms with Gasteiger partial charge in [0.1, 0.15) is 11.9 Å². The largest absolute Gasteiger partial charge is 0.340 e. The highest BCUT2D eigenvalue weighted by Gasteiger charge is 2.34. The van der Waals surface area contributed by atoms with Gasteiger partial charge in [-0.1, -0.05) is 25.0 Å². The van der Waals surface area contributed by atoms with Gasteiger partial charge in [0.15, 0.2) is 0 Å². The highest BCUT2D eigenvalue weighted by atomic mass is 16.2. The van der Waals surface area contributed by atoms with Crippen molar-refractivity contribution in [1.29, 1.82) is 0 Å². The number of hydrogen-bond acceptors (Lipinski definition) is 3. The number of hydrogen-bond donors (Lipinski definition) is 2. The Morgan fingerprint density at radius 1 is 1.23 bits per heavy atom. The summed E-state index contributed by atoms with van der Waals surface area (Å²) in [4.78, 5) is 23.0. The first kappa shape index (κ1) is 13.8. The molecule has 0 radical (unpaired) electrons. The monoisotopic (exact) mass is 298 g/mol. The lowest BCUT2D eigenvalue weighted by Crippen LogP contribution is -2.50. The van der Waals surface area contributed by atoms with Crippen LogP contribution in [0.2, 0.25) is 0 Å². The van der Waals surface area contributed by atoms with Crippen molar-refractivity contribution in [2.45, 2.75) is 31.7 Å². The van der Waals surface area contributed by atoms with E-state index in [9.17, 15) is 4.79 Å². The zero-order valence-corrected chi connectivity index (χ0v) is 12.7. The molecule has 0 bridgehead atoms. The van der Waals surface area contributed by atoms with Gasteiger partial charge in [-0.15, -0.1) is 0 Å². The quantitative estimate of drug-likeness (QED) is 0.894. The summed E-state index contributed by atoms with van der Waals surface area (Å²) in [6.07, 6.45) is 4.49. The van der Waals surface area contributed by atoms with E-state index >= 15 is 0 Å². The van der Waals surface area contributed by atoms with Gasteiger partial charge in [0.05, 0.1) is 11.0 Å². The molecule has 1 unspecified atom stereocenters. The minimum Gasteiger partial charge on any atom is -0.340 e. The van der Waals surface area contributed by atoms with Crippen molar-refractivity contribution in [3.63, 3.8) is 0 Å². The topological polar surface area (TPSA) is 61.0 Å². The van der Waals surface area contributed by atoms with E-state index in [0.29, 0.717) is 5.91 Å². The summed E-state index contributed by atoms with van der Waals surface area (Å²) >= 11 is 0. The molecule has 1 saturated carbocycles. The first-order valence-corrected chi connectivity index (χ1v) is 8.29. The molecule has 1 aliphatic carbocycles. The number of amides is 1. The first-order chi connectivity index (χ1) is 10.8. The summed E-state index contributed by atoms with van der Waals surface area (Å²) in [5.74, 6) is 1.45. The lowest BCUT2D eigenvalue weighted by molar-refractivity contribution is -0.139. The molecule has 1 aliphatic heterocycles. The van der Waals surface area contributed by atoms with Crippen LogP contribution in [0, 0.1) is 5.92 Å². The number of piperazine rings is 1. The molecule has 5 heteroatoms. The number of carbonyl (C=O) groups is 1. The maximum Gasteiger partial charge on any atom is 0.226 e. The van der Waals surface area contributed by atoms with Crippen molar-refractivity contribution >= 4 is 16.9 Å². The number of carbonyl (C=O) groups excluding carboxylic acids is 1. The van der Waals surface area contributed by atoms with Crippen molar-refractivity contribution in [3.8, 4) is 0 Å². The van der Waals surface area contributed by atoms with Gasteiger partial charge >= 0.3 is 0 Å². The second-order valence-electron chi connectivity index (χ2n) is 6.37. The molecule has 2 aliphatic rings. The zero-order chi connectivity index (χ0) is 14.9. The van der Waals surface area contributed by atoms with Crippen LogP contribution in [0.1, 0.15) is 37.5 Å². The normalized spacial score (nSPS) is 23.3. The zero-order valence-electron chi connectivity index (χ0n) is 12.7. The molecule has 1 amide bonds. The third-order valence-electron chi connectivity index (χ3n) is 4.95. The highest BCUT2D eigenvalue weighted by molar-refractivity contribution is 5.80. The van der Waals surface area contributed by atoms with Crippen LogP contribution >= 0.6 is 0 Å². The molecule has 1 atom stereocenters. The summed E-state index contributed by atoms with van der Waals surface area (Å²) in [7, 11) is 0. The fourth-order valence-electron chi connectivity index (χ4n) is 3.75. The van der Waals surface area contributed by atoms with E-state index in [-0.39, 0.29) is 12.0 Å². The number of H-pyrrole nitrogens is 1. The number of nitrogens with one attached hydrogen (secondary N) is 2. The number of fused-ring (bicyclic) bond motifs is 1. The van der Waals surface area contributed by atoms with Gasteiger partial charge in [0, 0.05) is 25.6 Å². The van der Waals surface area contributed by atoms with Crippen LogP contribution in [0.15, 0.2) is 24.3 Å². The smallest absolute Gasteiger partial charge is 0.226 e. The van der Waals surface area contributed by atoms with Crippen molar-refractivity contribution in [3.05, 3.63) is 30.1 Å². The average Bonchev–Trinajstić information content (AvgIpc) is 3.23. The molecule has 1 saturated heterocycles. The van der Waals surface area contributed by atoms with Crippen LogP contribution in [0.3, 0.4) is 0 Å². The summed E-state index contributed by atoms with van der Waals surface area (Å²) in [5.41, 5.74) is 2.01. The van der Waals surface area contributed by atoms with Gasteiger partial charge in [-0.05, 0) is 25.0 Å². The number of rotatable bonds is 2. The van der Waals surface area contributed by atoms with E-state index in [2.05, 4.69) is 10.3 Å². The van der Waals surface area contributed by atoms with E-state index < -0.39 is 0 Å². The Balaban J connectivity index is 1.63. The number of nitrogens with zero attached hydrogens (tertiary/aromatic N) is 2. The standard InChI is InChI=1S/C17H22N4O/c22-17(12-5-1-2-6-12)21-10-9-18-11-15(21)16-19-13-7-3-4-8-14(13)20-16/h3-4,7-8,12,15,18H,1-2,5-6,9-11H2,(H,19,20). The van der Waals surface area contributed by atoms with Crippen LogP contribution < -0.4 is 5.32 Å².